The number of anilines is 1. The van der Waals surface area contributed by atoms with E-state index in [1.54, 1.807) is 12.3 Å². The molecule has 0 spiro atoms. The first kappa shape index (κ1) is 10.8. The van der Waals surface area contributed by atoms with Gasteiger partial charge < -0.3 is 10.3 Å². The highest BCUT2D eigenvalue weighted by Gasteiger charge is 2.07. The van der Waals surface area contributed by atoms with Crippen molar-refractivity contribution in [3.8, 4) is 0 Å². The van der Waals surface area contributed by atoms with E-state index in [1.165, 1.54) is 0 Å². The first-order chi connectivity index (χ1) is 8.74. The van der Waals surface area contributed by atoms with Crippen molar-refractivity contribution in [2.75, 3.05) is 5.73 Å². The van der Waals surface area contributed by atoms with E-state index in [2.05, 4.69) is 20.6 Å². The summed E-state index contributed by atoms with van der Waals surface area (Å²) in [6.45, 7) is 2.70. The second kappa shape index (κ2) is 4.14. The number of nitrogens with two attached hydrogens (primary N) is 1. The minimum absolute atomic E-state index is 0.692. The van der Waals surface area contributed by atoms with Crippen molar-refractivity contribution in [3.63, 3.8) is 0 Å². The minimum Gasteiger partial charge on any atom is -0.399 e. The molecule has 2 aromatic heterocycles. The zero-order valence-electron chi connectivity index (χ0n) is 10.2. The summed E-state index contributed by atoms with van der Waals surface area (Å²) in [5.41, 5.74) is 9.59. The summed E-state index contributed by atoms with van der Waals surface area (Å²) in [6, 6.07) is 11.8. The van der Waals surface area contributed by atoms with Crippen LogP contribution in [0.5, 0.6) is 0 Å². The third kappa shape index (κ3) is 1.82. The Hall–Kier alpha value is -2.36. The van der Waals surface area contributed by atoms with Gasteiger partial charge in [0.05, 0.1) is 23.3 Å². The number of para-hydroxylation sites is 2. The molecule has 4 heteroatoms. The molecule has 18 heavy (non-hydrogen) atoms. The highest BCUT2D eigenvalue weighted by atomic mass is 15.1. The first-order valence-corrected chi connectivity index (χ1v) is 5.86. The second-order valence-electron chi connectivity index (χ2n) is 4.31. The van der Waals surface area contributed by atoms with E-state index in [1.807, 2.05) is 31.2 Å². The number of hydrogen-bond donors (Lipinski definition) is 1. The highest BCUT2D eigenvalue weighted by Crippen LogP contribution is 2.17. The second-order valence-corrected chi connectivity index (χ2v) is 4.31. The lowest BCUT2D eigenvalue weighted by Gasteiger charge is -2.06. The molecule has 0 unspecified atom stereocenters. The summed E-state index contributed by atoms with van der Waals surface area (Å²) in [4.78, 5) is 8.87. The third-order valence-corrected chi connectivity index (χ3v) is 3.01. The molecule has 0 aliphatic rings. The van der Waals surface area contributed by atoms with Crippen LogP contribution in [0.15, 0.2) is 42.6 Å². The smallest absolute Gasteiger partial charge is 0.107 e. The van der Waals surface area contributed by atoms with E-state index in [-0.39, 0.29) is 0 Å². The van der Waals surface area contributed by atoms with Crippen LogP contribution in [0.3, 0.4) is 0 Å². The van der Waals surface area contributed by atoms with Gasteiger partial charge in [0.15, 0.2) is 0 Å². The number of pyridine rings is 1. The summed E-state index contributed by atoms with van der Waals surface area (Å²) in [5.74, 6) is 0.987. The van der Waals surface area contributed by atoms with E-state index in [0.717, 1.165) is 28.2 Å². The van der Waals surface area contributed by atoms with Crippen molar-refractivity contribution in [2.24, 2.45) is 0 Å². The maximum absolute atomic E-state index is 5.77. The van der Waals surface area contributed by atoms with Crippen LogP contribution in [0.2, 0.25) is 0 Å². The zero-order valence-corrected chi connectivity index (χ0v) is 10.2. The molecule has 0 bridgehead atoms. The van der Waals surface area contributed by atoms with Gasteiger partial charge in [-0.05, 0) is 31.2 Å². The van der Waals surface area contributed by atoms with Crippen LogP contribution in [-0.4, -0.2) is 14.5 Å². The van der Waals surface area contributed by atoms with Gasteiger partial charge >= 0.3 is 0 Å². The van der Waals surface area contributed by atoms with Crippen molar-refractivity contribution in [1.82, 2.24) is 14.5 Å². The van der Waals surface area contributed by atoms with E-state index in [4.69, 9.17) is 5.73 Å². The van der Waals surface area contributed by atoms with Gasteiger partial charge in [-0.1, -0.05) is 12.1 Å². The molecule has 0 radical (unpaired) electrons. The largest absolute Gasteiger partial charge is 0.399 e. The first-order valence-electron chi connectivity index (χ1n) is 5.86. The molecule has 4 nitrogen and oxygen atoms in total. The summed E-state index contributed by atoms with van der Waals surface area (Å²) in [6.07, 6.45) is 1.74. The van der Waals surface area contributed by atoms with E-state index in [9.17, 15) is 0 Å². The third-order valence-electron chi connectivity index (χ3n) is 3.01. The molecule has 0 saturated carbocycles. The lowest BCUT2D eigenvalue weighted by atomic mass is 10.3. The van der Waals surface area contributed by atoms with Crippen LogP contribution >= 0.6 is 0 Å². The molecule has 3 aromatic rings. The van der Waals surface area contributed by atoms with Crippen molar-refractivity contribution in [1.29, 1.82) is 0 Å². The number of aryl methyl sites for hydroxylation is 1. The maximum Gasteiger partial charge on any atom is 0.107 e. The number of rotatable bonds is 2. The molecule has 1 aromatic carbocycles. The topological polar surface area (TPSA) is 56.7 Å². The lowest BCUT2D eigenvalue weighted by Crippen LogP contribution is -2.04. The summed E-state index contributed by atoms with van der Waals surface area (Å²) < 4.78 is 2.15. The quantitative estimate of drug-likeness (QED) is 0.745. The van der Waals surface area contributed by atoms with Crippen LogP contribution in [-0.2, 0) is 6.54 Å². The average Bonchev–Trinajstić information content (AvgIpc) is 2.66. The Labute approximate surface area is 105 Å². The van der Waals surface area contributed by atoms with Gasteiger partial charge in [-0.15, -0.1) is 0 Å². The predicted octanol–water partition coefficient (Wildman–Crippen LogP) is 2.37. The monoisotopic (exact) mass is 238 g/mol. The molecule has 3 rings (SSSR count). The van der Waals surface area contributed by atoms with E-state index in [0.29, 0.717) is 6.54 Å². The maximum atomic E-state index is 5.77. The van der Waals surface area contributed by atoms with Crippen molar-refractivity contribution < 1.29 is 0 Å². The van der Waals surface area contributed by atoms with Gasteiger partial charge in [0, 0.05) is 11.9 Å². The van der Waals surface area contributed by atoms with Crippen LogP contribution in [0.25, 0.3) is 11.0 Å². The Morgan fingerprint density at radius 1 is 1.22 bits per heavy atom. The number of fused-ring (bicyclic) bond motifs is 1. The molecule has 0 fully saturated rings. The average molecular weight is 238 g/mol. The van der Waals surface area contributed by atoms with Gasteiger partial charge in [-0.2, -0.15) is 0 Å². The number of hydrogen-bond acceptors (Lipinski definition) is 3. The number of nitrogens with zero attached hydrogens (tertiary/aromatic N) is 3. The van der Waals surface area contributed by atoms with Gasteiger partial charge in [0.25, 0.3) is 0 Å². The Morgan fingerprint density at radius 2 is 2.06 bits per heavy atom. The summed E-state index contributed by atoms with van der Waals surface area (Å²) in [5, 5.41) is 0. The van der Waals surface area contributed by atoms with E-state index >= 15 is 0 Å². The molecular weight excluding hydrogens is 224 g/mol. The Bertz CT molecular complexity index is 700. The van der Waals surface area contributed by atoms with Crippen LogP contribution in [0.1, 0.15) is 11.5 Å². The Kier molecular flexibility index (Phi) is 2.48. The number of benzene rings is 1. The van der Waals surface area contributed by atoms with Crippen LogP contribution in [0, 0.1) is 6.92 Å². The zero-order chi connectivity index (χ0) is 12.5. The molecule has 0 saturated heterocycles. The molecule has 0 aliphatic carbocycles. The predicted molar refractivity (Wildman–Crippen MR) is 72.2 cm³/mol. The lowest BCUT2D eigenvalue weighted by molar-refractivity contribution is 0.765. The standard InChI is InChI=1S/C14H14N4/c1-10-17-13-4-2-3-5-14(13)18(10)9-12-8-11(15)6-7-16-12/h2-8H,9H2,1H3,(H2,15,16). The van der Waals surface area contributed by atoms with Gasteiger partial charge in [-0.3, -0.25) is 4.98 Å². The molecular formula is C14H14N4. The Balaban J connectivity index is 2.07. The van der Waals surface area contributed by atoms with Crippen LogP contribution < -0.4 is 5.73 Å². The van der Waals surface area contributed by atoms with Gasteiger partial charge in [-0.25, -0.2) is 4.98 Å². The van der Waals surface area contributed by atoms with Gasteiger partial charge in [0.1, 0.15) is 5.82 Å². The number of imidazole rings is 1. The van der Waals surface area contributed by atoms with Crippen molar-refractivity contribution in [2.45, 2.75) is 13.5 Å². The SMILES string of the molecule is Cc1nc2ccccc2n1Cc1cc(N)ccn1. The molecule has 0 aliphatic heterocycles. The normalized spacial score (nSPS) is 10.9. The van der Waals surface area contributed by atoms with Crippen LogP contribution in [0.4, 0.5) is 5.69 Å². The molecule has 2 N–H and O–H groups in total. The van der Waals surface area contributed by atoms with Crippen molar-refractivity contribution in [3.05, 3.63) is 54.1 Å². The van der Waals surface area contributed by atoms with Gasteiger partial charge in [0.2, 0.25) is 0 Å². The molecule has 90 valence electrons. The summed E-state index contributed by atoms with van der Waals surface area (Å²) in [7, 11) is 0. The Morgan fingerprint density at radius 3 is 2.89 bits per heavy atom. The fraction of sp³-hybridized carbons (Fsp3) is 0.143. The van der Waals surface area contributed by atoms with E-state index < -0.39 is 0 Å². The molecule has 2 heterocycles. The highest BCUT2D eigenvalue weighted by molar-refractivity contribution is 5.75. The fourth-order valence-corrected chi connectivity index (χ4v) is 2.14. The molecule has 0 atom stereocenters. The fourth-order valence-electron chi connectivity index (χ4n) is 2.14. The minimum atomic E-state index is 0.692. The molecule has 0 amide bonds. The number of nitrogen functional groups attached to an aromatic ring is 1. The summed E-state index contributed by atoms with van der Waals surface area (Å²) >= 11 is 0. The van der Waals surface area contributed by atoms with Crippen molar-refractivity contribution >= 4 is 16.7 Å². The number of aromatic nitrogens is 3.